The van der Waals surface area contributed by atoms with E-state index >= 15 is 0 Å². The van der Waals surface area contributed by atoms with Gasteiger partial charge in [-0.25, -0.2) is 10.2 Å². The fraction of sp³-hybridized carbons (Fsp3) is 0.0385. The molecule has 4 aromatic carbocycles. The van der Waals surface area contributed by atoms with E-state index < -0.39 is 11.9 Å². The highest BCUT2D eigenvalue weighted by Gasteiger charge is 2.17. The lowest BCUT2D eigenvalue weighted by molar-refractivity contribution is 0.0734. The zero-order valence-corrected chi connectivity index (χ0v) is 19.4. The number of carbonyl (C=O) groups is 2. The van der Waals surface area contributed by atoms with Gasteiger partial charge in [-0.2, -0.15) is 5.10 Å². The third kappa shape index (κ3) is 5.03. The van der Waals surface area contributed by atoms with Crippen molar-refractivity contribution in [3.8, 4) is 11.5 Å². The molecule has 0 saturated carbocycles. The zero-order chi connectivity index (χ0) is 24.1. The summed E-state index contributed by atoms with van der Waals surface area (Å²) in [4.78, 5) is 25.4. The van der Waals surface area contributed by atoms with Crippen molar-refractivity contribution < 1.29 is 19.1 Å². The molecule has 0 unspecified atom stereocenters. The van der Waals surface area contributed by atoms with Crippen LogP contribution < -0.4 is 14.9 Å². The van der Waals surface area contributed by atoms with Crippen molar-refractivity contribution in [2.24, 2.45) is 5.10 Å². The first-order chi connectivity index (χ1) is 16.5. The molecular weight excluding hydrogens is 475 g/mol. The number of esters is 1. The molecule has 1 amide bonds. The summed E-state index contributed by atoms with van der Waals surface area (Å²) in [5.41, 5.74) is 3.51. The van der Waals surface area contributed by atoms with Crippen LogP contribution in [0.5, 0.6) is 11.5 Å². The second-order valence-corrected chi connectivity index (χ2v) is 7.96. The number of nitrogens with zero attached hydrogens (tertiary/aromatic N) is 1. The van der Waals surface area contributed by atoms with Crippen LogP contribution in [0.3, 0.4) is 0 Å². The molecule has 6 nitrogen and oxygen atoms in total. The summed E-state index contributed by atoms with van der Waals surface area (Å²) in [5, 5.41) is 6.37. The predicted molar refractivity (Wildman–Crippen MR) is 133 cm³/mol. The molecule has 0 saturated heterocycles. The van der Waals surface area contributed by atoms with E-state index in [0.717, 1.165) is 10.8 Å². The van der Waals surface area contributed by atoms with Crippen LogP contribution in [0, 0.1) is 0 Å². The minimum Gasteiger partial charge on any atom is -0.496 e. The second-order valence-electron chi connectivity index (χ2n) is 7.11. The Kier molecular flexibility index (Phi) is 7.11. The van der Waals surface area contributed by atoms with Gasteiger partial charge in [0.25, 0.3) is 5.91 Å². The summed E-state index contributed by atoms with van der Waals surface area (Å²) in [7, 11) is 1.49. The molecule has 0 radical (unpaired) electrons. The number of methoxy groups -OCH3 is 1. The molecule has 0 aromatic heterocycles. The van der Waals surface area contributed by atoms with Gasteiger partial charge >= 0.3 is 5.97 Å². The van der Waals surface area contributed by atoms with Gasteiger partial charge in [-0.05, 0) is 47.2 Å². The smallest absolute Gasteiger partial charge is 0.345 e. The van der Waals surface area contributed by atoms with E-state index in [-0.39, 0.29) is 16.3 Å². The predicted octanol–water partition coefficient (Wildman–Crippen LogP) is 6.14. The maximum absolute atomic E-state index is 12.8. The van der Waals surface area contributed by atoms with Crippen LogP contribution in [0.2, 0.25) is 10.0 Å². The maximum atomic E-state index is 12.8. The topological polar surface area (TPSA) is 77.0 Å². The monoisotopic (exact) mass is 492 g/mol. The van der Waals surface area contributed by atoms with Gasteiger partial charge < -0.3 is 9.47 Å². The quantitative estimate of drug-likeness (QED) is 0.152. The Morgan fingerprint density at radius 1 is 0.882 bits per heavy atom. The number of hydrogen-bond acceptors (Lipinski definition) is 5. The number of nitrogens with one attached hydrogen (secondary N) is 1. The van der Waals surface area contributed by atoms with Crippen molar-refractivity contribution >= 4 is 52.1 Å². The maximum Gasteiger partial charge on any atom is 0.345 e. The van der Waals surface area contributed by atoms with Gasteiger partial charge in [0.15, 0.2) is 0 Å². The van der Waals surface area contributed by atoms with E-state index in [1.807, 2.05) is 30.3 Å². The Hall–Kier alpha value is -3.87. The normalized spacial score (nSPS) is 10.9. The van der Waals surface area contributed by atoms with Crippen molar-refractivity contribution in [1.29, 1.82) is 0 Å². The summed E-state index contributed by atoms with van der Waals surface area (Å²) >= 11 is 12.1. The van der Waals surface area contributed by atoms with Crippen LogP contribution >= 0.6 is 23.2 Å². The first-order valence-corrected chi connectivity index (χ1v) is 10.9. The Bertz CT molecular complexity index is 1420. The van der Waals surface area contributed by atoms with Crippen LogP contribution in [-0.4, -0.2) is 25.2 Å². The summed E-state index contributed by atoms with van der Waals surface area (Å²) in [5.74, 6) is -0.412. The van der Waals surface area contributed by atoms with Gasteiger partial charge in [-0.15, -0.1) is 0 Å². The van der Waals surface area contributed by atoms with Gasteiger partial charge in [0.1, 0.15) is 11.5 Å². The van der Waals surface area contributed by atoms with Gasteiger partial charge in [0.2, 0.25) is 0 Å². The number of ether oxygens (including phenoxy) is 2. The van der Waals surface area contributed by atoms with Crippen LogP contribution in [0.1, 0.15) is 26.3 Å². The molecule has 1 N–H and O–H groups in total. The van der Waals surface area contributed by atoms with Crippen LogP contribution in [0.4, 0.5) is 0 Å². The van der Waals surface area contributed by atoms with E-state index in [1.165, 1.54) is 25.5 Å². The number of amides is 1. The number of halogens is 2. The van der Waals surface area contributed by atoms with Crippen LogP contribution in [0.15, 0.2) is 84.0 Å². The van der Waals surface area contributed by atoms with Crippen molar-refractivity contribution in [2.45, 2.75) is 0 Å². The Morgan fingerprint density at radius 3 is 2.44 bits per heavy atom. The third-order valence-electron chi connectivity index (χ3n) is 5.00. The SMILES string of the molecule is COc1ccccc1C(=O)N/N=C\c1c(OC(=O)c2ccc(Cl)cc2Cl)ccc2ccccc12. The van der Waals surface area contributed by atoms with E-state index in [9.17, 15) is 9.59 Å². The molecule has 0 aliphatic rings. The summed E-state index contributed by atoms with van der Waals surface area (Å²) in [6.07, 6.45) is 1.43. The highest BCUT2D eigenvalue weighted by molar-refractivity contribution is 6.36. The first kappa shape index (κ1) is 23.3. The highest BCUT2D eigenvalue weighted by Crippen LogP contribution is 2.29. The number of hydrazone groups is 1. The molecule has 0 spiro atoms. The fourth-order valence-corrected chi connectivity index (χ4v) is 3.84. The van der Waals surface area contributed by atoms with E-state index in [1.54, 1.807) is 36.4 Å². The van der Waals surface area contributed by atoms with Crippen molar-refractivity contribution in [1.82, 2.24) is 5.43 Å². The summed E-state index contributed by atoms with van der Waals surface area (Å²) < 4.78 is 10.9. The van der Waals surface area contributed by atoms with Gasteiger partial charge in [0.05, 0.1) is 29.5 Å². The molecule has 0 bridgehead atoms. The van der Waals surface area contributed by atoms with Gasteiger partial charge in [-0.3, -0.25) is 4.79 Å². The van der Waals surface area contributed by atoms with E-state index in [0.29, 0.717) is 21.9 Å². The standard InChI is InChI=1S/C26H18Cl2N2O4/c1-33-23-9-5-4-8-20(23)25(31)30-29-15-21-18-7-3-2-6-16(18)10-13-24(21)34-26(32)19-12-11-17(27)14-22(19)28/h2-15H,1H3,(H,30,31)/b29-15-. The van der Waals surface area contributed by atoms with Gasteiger partial charge in [-0.1, -0.05) is 65.7 Å². The minimum atomic E-state index is -0.648. The van der Waals surface area contributed by atoms with Gasteiger partial charge in [0, 0.05) is 10.6 Å². The molecule has 0 heterocycles. The molecule has 34 heavy (non-hydrogen) atoms. The fourth-order valence-electron chi connectivity index (χ4n) is 3.36. The Morgan fingerprint density at radius 2 is 1.65 bits per heavy atom. The molecule has 8 heteroatoms. The first-order valence-electron chi connectivity index (χ1n) is 10.1. The Balaban J connectivity index is 1.65. The number of hydrogen-bond donors (Lipinski definition) is 1. The lowest BCUT2D eigenvalue weighted by Crippen LogP contribution is -2.18. The average Bonchev–Trinajstić information content (AvgIpc) is 2.84. The van der Waals surface area contributed by atoms with E-state index in [4.69, 9.17) is 32.7 Å². The van der Waals surface area contributed by atoms with Crippen molar-refractivity contribution in [2.75, 3.05) is 7.11 Å². The second kappa shape index (κ2) is 10.4. The molecule has 0 aliphatic heterocycles. The molecule has 0 fully saturated rings. The number of carbonyl (C=O) groups excluding carboxylic acids is 2. The molecule has 4 aromatic rings. The molecular formula is C26H18Cl2N2O4. The largest absolute Gasteiger partial charge is 0.496 e. The molecule has 4 rings (SSSR count). The summed E-state index contributed by atoms with van der Waals surface area (Å²) in [6, 6.07) is 22.3. The molecule has 0 aliphatic carbocycles. The number of para-hydroxylation sites is 1. The van der Waals surface area contributed by atoms with Crippen LogP contribution in [-0.2, 0) is 0 Å². The molecule has 170 valence electrons. The Labute approximate surface area is 205 Å². The van der Waals surface area contributed by atoms with Crippen LogP contribution in [0.25, 0.3) is 10.8 Å². The summed E-state index contributed by atoms with van der Waals surface area (Å²) in [6.45, 7) is 0. The highest BCUT2D eigenvalue weighted by atomic mass is 35.5. The zero-order valence-electron chi connectivity index (χ0n) is 17.9. The number of benzene rings is 4. The van der Waals surface area contributed by atoms with Crippen molar-refractivity contribution in [3.05, 3.63) is 106 Å². The molecule has 0 atom stereocenters. The number of rotatable bonds is 6. The number of fused-ring (bicyclic) bond motifs is 1. The lowest BCUT2D eigenvalue weighted by Gasteiger charge is -2.11. The third-order valence-corrected chi connectivity index (χ3v) is 5.54. The lowest BCUT2D eigenvalue weighted by atomic mass is 10.0. The average molecular weight is 493 g/mol. The van der Waals surface area contributed by atoms with Crippen molar-refractivity contribution in [3.63, 3.8) is 0 Å². The minimum absolute atomic E-state index is 0.173. The van der Waals surface area contributed by atoms with E-state index in [2.05, 4.69) is 10.5 Å².